The quantitative estimate of drug-likeness (QED) is 0.687. The number of urea groups is 1. The third kappa shape index (κ3) is 4.37. The fraction of sp³-hybridized carbons (Fsp3) is 0.286. The number of aryl methyl sites for hydroxylation is 1. The average Bonchev–Trinajstić information content (AvgIpc) is 2.67. The Hall–Kier alpha value is -3.19. The molecule has 28 heavy (non-hydrogen) atoms. The van der Waals surface area contributed by atoms with Gasteiger partial charge >= 0.3 is 6.03 Å². The summed E-state index contributed by atoms with van der Waals surface area (Å²) in [5.74, 6) is 0.486. The van der Waals surface area contributed by atoms with Crippen molar-refractivity contribution in [3.63, 3.8) is 0 Å². The second-order valence-corrected chi connectivity index (χ2v) is 6.63. The van der Waals surface area contributed by atoms with E-state index in [-0.39, 0.29) is 11.6 Å². The fourth-order valence-electron chi connectivity index (χ4n) is 3.07. The Labute approximate surface area is 163 Å². The predicted molar refractivity (Wildman–Crippen MR) is 110 cm³/mol. The summed E-state index contributed by atoms with van der Waals surface area (Å²) in [6.45, 7) is 4.48. The molecule has 1 aromatic heterocycles. The lowest BCUT2D eigenvalue weighted by Crippen LogP contribution is -2.36. The van der Waals surface area contributed by atoms with Crippen LogP contribution in [0.15, 0.2) is 53.3 Å². The normalized spacial score (nSPS) is 12.0. The van der Waals surface area contributed by atoms with Gasteiger partial charge in [-0.25, -0.2) is 9.78 Å². The van der Waals surface area contributed by atoms with Gasteiger partial charge in [-0.3, -0.25) is 9.36 Å². The molecule has 1 heterocycles. The zero-order valence-electron chi connectivity index (χ0n) is 16.2. The van der Waals surface area contributed by atoms with Crippen LogP contribution in [0.5, 0.6) is 0 Å². The number of ether oxygens (including phenoxy) is 1. The Bertz CT molecular complexity index is 1050. The third-order valence-corrected chi connectivity index (χ3v) is 4.42. The van der Waals surface area contributed by atoms with E-state index < -0.39 is 6.04 Å². The minimum Gasteiger partial charge on any atom is -0.383 e. The Morgan fingerprint density at radius 1 is 1.21 bits per heavy atom. The first kappa shape index (κ1) is 19.6. The van der Waals surface area contributed by atoms with Gasteiger partial charge in [-0.15, -0.1) is 0 Å². The molecule has 0 aliphatic heterocycles. The van der Waals surface area contributed by atoms with Crippen molar-refractivity contribution in [3.05, 3.63) is 70.3 Å². The molecule has 0 aliphatic rings. The molecule has 0 spiro atoms. The lowest BCUT2D eigenvalue weighted by Gasteiger charge is -2.19. The highest BCUT2D eigenvalue weighted by Gasteiger charge is 2.18. The summed E-state index contributed by atoms with van der Waals surface area (Å²) in [6.07, 6.45) is 0. The molecule has 0 bridgehead atoms. The minimum absolute atomic E-state index is 0.148. The topological polar surface area (TPSA) is 85.2 Å². The van der Waals surface area contributed by atoms with Crippen LogP contribution >= 0.6 is 0 Å². The van der Waals surface area contributed by atoms with Crippen LogP contribution in [-0.2, 0) is 11.3 Å². The smallest absolute Gasteiger partial charge is 0.319 e. The molecule has 0 aliphatic carbocycles. The number of amides is 2. The summed E-state index contributed by atoms with van der Waals surface area (Å²) < 4.78 is 6.69. The summed E-state index contributed by atoms with van der Waals surface area (Å²) in [7, 11) is 1.58. The van der Waals surface area contributed by atoms with Crippen LogP contribution in [-0.4, -0.2) is 29.3 Å². The molecule has 2 amide bonds. The number of aromatic nitrogens is 2. The van der Waals surface area contributed by atoms with Crippen LogP contribution in [0.25, 0.3) is 10.9 Å². The number of hydrogen-bond acceptors (Lipinski definition) is 4. The van der Waals surface area contributed by atoms with Gasteiger partial charge in [0.2, 0.25) is 0 Å². The van der Waals surface area contributed by atoms with Gasteiger partial charge in [-0.05, 0) is 43.7 Å². The maximum Gasteiger partial charge on any atom is 0.319 e. The fourth-order valence-corrected chi connectivity index (χ4v) is 3.07. The number of hydrogen-bond donors (Lipinski definition) is 2. The van der Waals surface area contributed by atoms with E-state index in [2.05, 4.69) is 15.6 Å². The Morgan fingerprint density at radius 2 is 2.00 bits per heavy atom. The van der Waals surface area contributed by atoms with Crippen LogP contribution in [0.1, 0.15) is 24.4 Å². The number of nitrogens with zero attached hydrogens (tertiary/aromatic N) is 2. The third-order valence-electron chi connectivity index (χ3n) is 4.42. The Balaban J connectivity index is 1.88. The average molecular weight is 380 g/mol. The van der Waals surface area contributed by atoms with E-state index in [1.165, 1.54) is 0 Å². The number of anilines is 1. The van der Waals surface area contributed by atoms with E-state index in [0.29, 0.717) is 35.6 Å². The Morgan fingerprint density at radius 3 is 2.75 bits per heavy atom. The van der Waals surface area contributed by atoms with E-state index >= 15 is 0 Å². The summed E-state index contributed by atoms with van der Waals surface area (Å²) in [4.78, 5) is 30.0. The molecule has 2 N–H and O–H groups in total. The molecule has 146 valence electrons. The molecule has 1 atom stereocenters. The molecule has 0 fully saturated rings. The highest BCUT2D eigenvalue weighted by atomic mass is 16.5. The first-order chi connectivity index (χ1) is 13.5. The van der Waals surface area contributed by atoms with Crippen molar-refractivity contribution >= 4 is 22.6 Å². The summed E-state index contributed by atoms with van der Waals surface area (Å²) in [6, 6.07) is 13.9. The number of benzene rings is 2. The molecule has 3 rings (SSSR count). The number of methoxy groups -OCH3 is 1. The van der Waals surface area contributed by atoms with Gasteiger partial charge in [0, 0.05) is 12.8 Å². The lowest BCUT2D eigenvalue weighted by atomic mass is 10.2. The van der Waals surface area contributed by atoms with Gasteiger partial charge in [0.25, 0.3) is 5.56 Å². The number of rotatable bonds is 6. The zero-order valence-corrected chi connectivity index (χ0v) is 16.2. The van der Waals surface area contributed by atoms with E-state index in [1.807, 2.05) is 43.3 Å². The highest BCUT2D eigenvalue weighted by molar-refractivity contribution is 5.89. The molecule has 0 saturated carbocycles. The number of para-hydroxylation sites is 1. The van der Waals surface area contributed by atoms with Crippen LogP contribution in [0.2, 0.25) is 0 Å². The Kier molecular flexibility index (Phi) is 6.06. The van der Waals surface area contributed by atoms with Gasteiger partial charge < -0.3 is 15.4 Å². The first-order valence-corrected chi connectivity index (χ1v) is 9.12. The van der Waals surface area contributed by atoms with Crippen LogP contribution in [0, 0.1) is 6.92 Å². The van der Waals surface area contributed by atoms with Crippen molar-refractivity contribution in [1.82, 2.24) is 14.9 Å². The van der Waals surface area contributed by atoms with E-state index in [9.17, 15) is 9.59 Å². The molecule has 7 nitrogen and oxygen atoms in total. The molecule has 3 aromatic rings. The molecular formula is C21H24N4O3. The summed E-state index contributed by atoms with van der Waals surface area (Å²) >= 11 is 0. The zero-order chi connectivity index (χ0) is 20.1. The maximum absolute atomic E-state index is 12.9. The van der Waals surface area contributed by atoms with Crippen molar-refractivity contribution in [2.24, 2.45) is 0 Å². The van der Waals surface area contributed by atoms with Crippen molar-refractivity contribution < 1.29 is 9.53 Å². The molecule has 7 heteroatoms. The SMILES string of the molecule is COCCn1c(C(C)NC(=O)Nc2cccc(C)c2)nc2ccccc2c1=O. The van der Waals surface area contributed by atoms with E-state index in [4.69, 9.17) is 4.74 Å². The van der Waals surface area contributed by atoms with Crippen LogP contribution in [0.3, 0.4) is 0 Å². The summed E-state index contributed by atoms with van der Waals surface area (Å²) in [5.41, 5.74) is 2.21. The number of carbonyl (C=O) groups is 1. The lowest BCUT2D eigenvalue weighted by molar-refractivity contribution is 0.184. The second kappa shape index (κ2) is 8.67. The number of carbonyl (C=O) groups excluding carboxylic acids is 1. The molecule has 2 aromatic carbocycles. The van der Waals surface area contributed by atoms with E-state index in [1.54, 1.807) is 30.7 Å². The van der Waals surface area contributed by atoms with Crippen molar-refractivity contribution in [2.45, 2.75) is 26.4 Å². The van der Waals surface area contributed by atoms with Gasteiger partial charge in [-0.1, -0.05) is 24.3 Å². The van der Waals surface area contributed by atoms with Crippen molar-refractivity contribution in [1.29, 1.82) is 0 Å². The summed E-state index contributed by atoms with van der Waals surface area (Å²) in [5, 5.41) is 6.21. The van der Waals surface area contributed by atoms with Crippen LogP contribution in [0.4, 0.5) is 10.5 Å². The predicted octanol–water partition coefficient (Wildman–Crippen LogP) is 3.23. The largest absolute Gasteiger partial charge is 0.383 e. The molecule has 0 saturated heterocycles. The monoisotopic (exact) mass is 380 g/mol. The van der Waals surface area contributed by atoms with Crippen molar-refractivity contribution in [3.8, 4) is 0 Å². The molecule has 0 radical (unpaired) electrons. The van der Waals surface area contributed by atoms with E-state index in [0.717, 1.165) is 5.56 Å². The van der Waals surface area contributed by atoms with Crippen molar-refractivity contribution in [2.75, 3.05) is 19.0 Å². The van der Waals surface area contributed by atoms with Gasteiger partial charge in [-0.2, -0.15) is 0 Å². The van der Waals surface area contributed by atoms with Gasteiger partial charge in [0.1, 0.15) is 5.82 Å². The molecular weight excluding hydrogens is 356 g/mol. The maximum atomic E-state index is 12.9. The van der Waals surface area contributed by atoms with Gasteiger partial charge in [0.15, 0.2) is 0 Å². The second-order valence-electron chi connectivity index (χ2n) is 6.63. The number of fused-ring (bicyclic) bond motifs is 1. The number of nitrogens with one attached hydrogen (secondary N) is 2. The van der Waals surface area contributed by atoms with Crippen LogP contribution < -0.4 is 16.2 Å². The highest BCUT2D eigenvalue weighted by Crippen LogP contribution is 2.15. The minimum atomic E-state index is -0.473. The molecule has 1 unspecified atom stereocenters. The standard InChI is InChI=1S/C21H24N4O3/c1-14-7-6-8-16(13-14)23-21(27)22-15(2)19-24-18-10-5-4-9-17(18)20(26)25(19)11-12-28-3/h4-10,13,15H,11-12H2,1-3H3,(H2,22,23,27). The van der Waals surface area contributed by atoms with Gasteiger partial charge in [0.05, 0.1) is 30.1 Å². The first-order valence-electron chi connectivity index (χ1n) is 9.12.